The van der Waals surface area contributed by atoms with Crippen LogP contribution in [0.2, 0.25) is 10.0 Å². The number of aliphatic hydroxyl groups is 1. The number of fused-ring (bicyclic) bond motifs is 1. The van der Waals surface area contributed by atoms with E-state index in [0.717, 1.165) is 23.3 Å². The van der Waals surface area contributed by atoms with Gasteiger partial charge in [0, 0.05) is 22.0 Å². The van der Waals surface area contributed by atoms with E-state index in [0.29, 0.717) is 67.4 Å². The summed E-state index contributed by atoms with van der Waals surface area (Å²) in [6, 6.07) is 14.9. The number of pyridine rings is 1. The zero-order chi connectivity index (χ0) is 33.2. The van der Waals surface area contributed by atoms with Gasteiger partial charge in [-0.3, -0.25) is 18.9 Å². The second kappa shape index (κ2) is 13.9. The van der Waals surface area contributed by atoms with Gasteiger partial charge in [0.1, 0.15) is 11.3 Å². The van der Waals surface area contributed by atoms with Crippen LogP contribution in [-0.2, 0) is 15.3 Å². The number of aryl methyl sites for hydroxylation is 1. The number of aliphatic hydroxyl groups excluding tert-OH is 1. The van der Waals surface area contributed by atoms with E-state index in [-0.39, 0.29) is 16.5 Å². The summed E-state index contributed by atoms with van der Waals surface area (Å²) in [5.74, 6) is -0.601. The van der Waals surface area contributed by atoms with Gasteiger partial charge in [-0.2, -0.15) is 0 Å². The Morgan fingerprint density at radius 2 is 1.87 bits per heavy atom. The molecule has 14 heteroatoms. The third-order valence-electron chi connectivity index (χ3n) is 7.39. The van der Waals surface area contributed by atoms with Crippen LogP contribution < -0.4 is 14.4 Å². The van der Waals surface area contributed by atoms with E-state index in [1.54, 1.807) is 60.0 Å². The number of halogens is 2. The fourth-order valence-electron chi connectivity index (χ4n) is 5.30. The second-order valence-electron chi connectivity index (χ2n) is 10.5. The summed E-state index contributed by atoms with van der Waals surface area (Å²) < 4.78 is 14.1. The van der Waals surface area contributed by atoms with Crippen LogP contribution in [0.5, 0.6) is 11.5 Å². The van der Waals surface area contributed by atoms with Gasteiger partial charge in [0.05, 0.1) is 30.5 Å². The van der Waals surface area contributed by atoms with E-state index in [9.17, 15) is 14.7 Å². The van der Waals surface area contributed by atoms with E-state index in [1.165, 1.54) is 16.7 Å². The van der Waals surface area contributed by atoms with Crippen LogP contribution in [0.4, 0.5) is 5.13 Å². The van der Waals surface area contributed by atoms with Gasteiger partial charge >= 0.3 is 5.91 Å². The molecular weight excluding hydrogens is 681 g/mol. The first kappa shape index (κ1) is 32.8. The van der Waals surface area contributed by atoms with Gasteiger partial charge in [0.2, 0.25) is 5.13 Å². The maximum Gasteiger partial charge on any atom is 0.301 e. The fraction of sp³-hybridized carbons (Fsp3) is 0.242. The number of hydrogen-bond donors (Lipinski definition) is 1. The molecule has 2 aromatic carbocycles. The molecule has 1 unspecified atom stereocenters. The average Bonchev–Trinajstić information content (AvgIpc) is 3.73. The molecule has 1 aliphatic heterocycles. The number of rotatable bonds is 11. The number of thioether (sulfide) groups is 1. The highest BCUT2D eigenvalue weighted by molar-refractivity contribution is 8.00. The van der Waals surface area contributed by atoms with Crippen molar-refractivity contribution in [3.63, 3.8) is 0 Å². The van der Waals surface area contributed by atoms with Gasteiger partial charge in [0.15, 0.2) is 21.6 Å². The van der Waals surface area contributed by atoms with Crippen LogP contribution in [0, 0.1) is 6.92 Å². The van der Waals surface area contributed by atoms with E-state index >= 15 is 0 Å². The Kier molecular flexibility index (Phi) is 9.74. The number of amides is 1. The molecule has 1 saturated heterocycles. The molecule has 0 spiro atoms. The molecule has 4 heterocycles. The number of anilines is 1. The summed E-state index contributed by atoms with van der Waals surface area (Å²) in [5.41, 5.74) is 2.65. The zero-order valence-corrected chi connectivity index (χ0v) is 28.7. The third kappa shape index (κ3) is 6.42. The van der Waals surface area contributed by atoms with Crippen LogP contribution in [0.3, 0.4) is 0 Å². The predicted octanol–water partition coefficient (Wildman–Crippen LogP) is 7.91. The predicted molar refractivity (Wildman–Crippen MR) is 184 cm³/mol. The molecule has 1 atom stereocenters. The lowest BCUT2D eigenvalue weighted by Crippen LogP contribution is -2.29. The zero-order valence-electron chi connectivity index (χ0n) is 25.6. The van der Waals surface area contributed by atoms with Crippen molar-refractivity contribution in [2.75, 3.05) is 18.1 Å². The topological polar surface area (TPSA) is 119 Å². The van der Waals surface area contributed by atoms with Gasteiger partial charge < -0.3 is 14.6 Å². The number of carbonyl (C=O) groups excluding carboxylic acids is 2. The number of hydrogen-bond acceptors (Lipinski definition) is 10. The molecule has 242 valence electrons. The van der Waals surface area contributed by atoms with Crippen molar-refractivity contribution >= 4 is 74.5 Å². The van der Waals surface area contributed by atoms with Crippen molar-refractivity contribution in [2.24, 2.45) is 0 Å². The molecule has 10 nitrogen and oxygen atoms in total. The van der Waals surface area contributed by atoms with Crippen molar-refractivity contribution in [3.8, 4) is 11.5 Å². The summed E-state index contributed by atoms with van der Waals surface area (Å²) in [5, 5.41) is 21.8. The summed E-state index contributed by atoms with van der Waals surface area (Å²) in [7, 11) is 0. The van der Waals surface area contributed by atoms with Crippen molar-refractivity contribution in [1.82, 2.24) is 19.6 Å². The van der Waals surface area contributed by atoms with Gasteiger partial charge in [-0.05, 0) is 67.8 Å². The molecule has 5 aromatic rings. The van der Waals surface area contributed by atoms with E-state index in [1.807, 2.05) is 26.0 Å². The molecule has 0 bridgehead atoms. The molecular formula is C33H29Cl2N5O5S2. The third-order valence-corrected chi connectivity index (χ3v) is 10.1. The summed E-state index contributed by atoms with van der Waals surface area (Å²) in [6.07, 6.45) is 2.54. The van der Waals surface area contributed by atoms with Crippen molar-refractivity contribution in [3.05, 3.63) is 98.9 Å². The number of ether oxygens (including phenoxy) is 2. The highest BCUT2D eigenvalue weighted by Crippen LogP contribution is 2.46. The van der Waals surface area contributed by atoms with Gasteiger partial charge in [-0.1, -0.05) is 71.4 Å². The Morgan fingerprint density at radius 3 is 2.64 bits per heavy atom. The number of ketones is 1. The Morgan fingerprint density at radius 1 is 1.04 bits per heavy atom. The molecule has 1 aliphatic rings. The minimum Gasteiger partial charge on any atom is -0.505 e. The van der Waals surface area contributed by atoms with E-state index < -0.39 is 17.7 Å². The summed E-state index contributed by atoms with van der Waals surface area (Å²) >= 11 is 14.9. The maximum atomic E-state index is 13.9. The van der Waals surface area contributed by atoms with E-state index in [2.05, 4.69) is 15.2 Å². The van der Waals surface area contributed by atoms with E-state index in [4.69, 9.17) is 32.7 Å². The van der Waals surface area contributed by atoms with Crippen molar-refractivity contribution in [1.29, 1.82) is 0 Å². The smallest absolute Gasteiger partial charge is 0.301 e. The van der Waals surface area contributed by atoms with Crippen LogP contribution >= 0.6 is 46.3 Å². The normalized spacial score (nSPS) is 15.9. The van der Waals surface area contributed by atoms with Gasteiger partial charge in [0.25, 0.3) is 5.78 Å². The number of carbonyl (C=O) groups is 2. The quantitative estimate of drug-likeness (QED) is 0.0480. The Bertz CT molecular complexity index is 2030. The van der Waals surface area contributed by atoms with Crippen LogP contribution in [0.25, 0.3) is 11.4 Å². The molecule has 3 aromatic heterocycles. The lowest BCUT2D eigenvalue weighted by Gasteiger charge is -2.23. The monoisotopic (exact) mass is 709 g/mol. The summed E-state index contributed by atoms with van der Waals surface area (Å²) in [6.45, 7) is 6.44. The average molecular weight is 711 g/mol. The number of nitrogens with zero attached hydrogens (tertiary/aromatic N) is 5. The Balaban J connectivity index is 1.46. The first-order valence-corrected chi connectivity index (χ1v) is 17.3. The van der Waals surface area contributed by atoms with Crippen molar-refractivity contribution in [2.45, 2.75) is 43.3 Å². The SMILES string of the molecule is CCCOc1ccc(C2/C(=C(\O)c3c(C)nc4ccccn34)C(=O)C(=O)N2c2nnc(SCc3ccc(Cl)cc3Cl)s2)cc1OCC. The first-order chi connectivity index (χ1) is 22.7. The molecule has 47 heavy (non-hydrogen) atoms. The highest BCUT2D eigenvalue weighted by atomic mass is 35.5. The molecule has 6 rings (SSSR count). The Hall–Kier alpha value is -4.10. The second-order valence-corrected chi connectivity index (χ2v) is 13.5. The molecule has 0 saturated carbocycles. The molecule has 1 N–H and O–H groups in total. The standard InChI is InChI=1S/C33H29Cl2N5O5S2/c1-4-14-45-23-12-10-19(15-24(23)44-5-2)28-26(29(41)27-18(3)36-25-8-6-7-13-39(25)27)30(42)31(43)40(28)32-37-38-33(47-32)46-17-20-9-11-21(34)16-22(20)35/h6-13,15-16,28,41H,4-5,14,17H2,1-3H3/b29-26+. The maximum absolute atomic E-state index is 13.9. The van der Waals surface area contributed by atoms with Gasteiger partial charge in [-0.25, -0.2) is 4.98 Å². The minimum absolute atomic E-state index is 0.106. The Labute approximate surface area is 289 Å². The lowest BCUT2D eigenvalue weighted by atomic mass is 9.96. The molecule has 1 amide bonds. The number of benzene rings is 2. The van der Waals surface area contributed by atoms with Crippen LogP contribution in [0.15, 0.2) is 70.7 Å². The molecule has 1 fully saturated rings. The largest absolute Gasteiger partial charge is 0.505 e. The van der Waals surface area contributed by atoms with Crippen LogP contribution in [0.1, 0.15) is 48.8 Å². The van der Waals surface area contributed by atoms with Gasteiger partial charge in [-0.15, -0.1) is 10.2 Å². The van der Waals surface area contributed by atoms with Crippen molar-refractivity contribution < 1.29 is 24.2 Å². The highest BCUT2D eigenvalue weighted by Gasteiger charge is 2.49. The molecule has 0 aliphatic carbocycles. The fourth-order valence-corrected chi connectivity index (χ4v) is 7.73. The number of Topliss-reactive ketones (excluding diaryl/α,β-unsaturated/α-hetero) is 1. The first-order valence-electron chi connectivity index (χ1n) is 14.8. The molecule has 0 radical (unpaired) electrons. The minimum atomic E-state index is -1.06. The number of imidazole rings is 1. The number of aromatic nitrogens is 4. The van der Waals surface area contributed by atoms with Crippen LogP contribution in [-0.4, -0.2) is 49.6 Å². The lowest BCUT2D eigenvalue weighted by molar-refractivity contribution is -0.132. The summed E-state index contributed by atoms with van der Waals surface area (Å²) in [4.78, 5) is 33.6.